The molecule has 1 aliphatic rings. The van der Waals surface area contributed by atoms with E-state index in [9.17, 15) is 4.79 Å². The first-order valence-electron chi connectivity index (χ1n) is 9.47. The zero-order valence-electron chi connectivity index (χ0n) is 15.9. The third-order valence-corrected chi connectivity index (χ3v) is 5.18. The number of benzene rings is 1. The number of amides is 1. The minimum Gasteiger partial charge on any atom is -0.336 e. The molecule has 27 heavy (non-hydrogen) atoms. The number of carbonyl (C=O) groups is 1. The van der Waals surface area contributed by atoms with E-state index in [0.717, 1.165) is 49.8 Å². The van der Waals surface area contributed by atoms with Crippen LogP contribution in [0.2, 0.25) is 0 Å². The molecule has 1 fully saturated rings. The number of aromatic nitrogens is 3. The maximum absolute atomic E-state index is 13.3. The van der Waals surface area contributed by atoms with Crippen LogP contribution in [0.3, 0.4) is 0 Å². The van der Waals surface area contributed by atoms with Crippen molar-refractivity contribution in [3.05, 3.63) is 66.1 Å². The van der Waals surface area contributed by atoms with Crippen molar-refractivity contribution < 1.29 is 4.79 Å². The van der Waals surface area contributed by atoms with Crippen LogP contribution in [0.15, 0.2) is 55.0 Å². The molecule has 3 aromatic rings. The van der Waals surface area contributed by atoms with Gasteiger partial charge in [-0.3, -0.25) is 4.79 Å². The van der Waals surface area contributed by atoms with Gasteiger partial charge in [-0.15, -0.1) is 0 Å². The van der Waals surface area contributed by atoms with Crippen molar-refractivity contribution in [3.63, 3.8) is 0 Å². The summed E-state index contributed by atoms with van der Waals surface area (Å²) in [4.78, 5) is 17.6. The SMILES string of the molecule is CCN1CCN(C(=O)c2cnn(-c3cccc(C)c3)c2-n2cccc2)CC1. The quantitative estimate of drug-likeness (QED) is 0.716. The highest BCUT2D eigenvalue weighted by Gasteiger charge is 2.26. The zero-order chi connectivity index (χ0) is 18.8. The predicted molar refractivity (Wildman–Crippen MR) is 106 cm³/mol. The average Bonchev–Trinajstić information content (AvgIpc) is 3.37. The fourth-order valence-electron chi connectivity index (χ4n) is 3.60. The van der Waals surface area contributed by atoms with Gasteiger partial charge in [0, 0.05) is 38.6 Å². The van der Waals surface area contributed by atoms with Gasteiger partial charge in [-0.05, 0) is 43.3 Å². The number of piperazine rings is 1. The van der Waals surface area contributed by atoms with Crippen LogP contribution in [-0.2, 0) is 0 Å². The van der Waals surface area contributed by atoms with Crippen LogP contribution in [0.25, 0.3) is 11.5 Å². The van der Waals surface area contributed by atoms with Crippen LogP contribution >= 0.6 is 0 Å². The Balaban J connectivity index is 1.72. The van der Waals surface area contributed by atoms with E-state index in [4.69, 9.17) is 0 Å². The molecule has 1 aliphatic heterocycles. The van der Waals surface area contributed by atoms with E-state index in [-0.39, 0.29) is 5.91 Å². The molecule has 0 aliphatic carbocycles. The molecule has 6 heteroatoms. The van der Waals surface area contributed by atoms with Crippen molar-refractivity contribution in [2.75, 3.05) is 32.7 Å². The molecule has 6 nitrogen and oxygen atoms in total. The highest BCUT2D eigenvalue weighted by Crippen LogP contribution is 2.22. The van der Waals surface area contributed by atoms with Gasteiger partial charge in [0.25, 0.3) is 5.91 Å². The van der Waals surface area contributed by atoms with Gasteiger partial charge in [-0.1, -0.05) is 19.1 Å². The molecule has 0 N–H and O–H groups in total. The van der Waals surface area contributed by atoms with Crippen LogP contribution in [0.1, 0.15) is 22.8 Å². The summed E-state index contributed by atoms with van der Waals surface area (Å²) in [7, 11) is 0. The number of rotatable bonds is 4. The molecule has 0 saturated carbocycles. The second kappa shape index (κ2) is 7.40. The van der Waals surface area contributed by atoms with Gasteiger partial charge in [-0.25, -0.2) is 4.68 Å². The van der Waals surface area contributed by atoms with Crippen molar-refractivity contribution in [2.24, 2.45) is 0 Å². The highest BCUT2D eigenvalue weighted by molar-refractivity contribution is 5.97. The van der Waals surface area contributed by atoms with Crippen molar-refractivity contribution >= 4 is 5.91 Å². The molecule has 1 amide bonds. The van der Waals surface area contributed by atoms with Gasteiger partial charge in [0.2, 0.25) is 0 Å². The maximum Gasteiger partial charge on any atom is 0.259 e. The minimum atomic E-state index is 0.0494. The Kier molecular flexibility index (Phi) is 4.81. The topological polar surface area (TPSA) is 46.3 Å². The first-order chi connectivity index (χ1) is 13.2. The molecular formula is C21H25N5O. The van der Waals surface area contributed by atoms with Crippen LogP contribution in [-0.4, -0.2) is 62.8 Å². The standard InChI is InChI=1S/C21H25N5O/c1-3-23-11-13-25(14-12-23)21(27)19-16-22-26(18-8-6-7-17(2)15-18)20(19)24-9-4-5-10-24/h4-10,15-16H,3,11-14H2,1-2H3. The third-order valence-electron chi connectivity index (χ3n) is 5.18. The van der Waals surface area contributed by atoms with Crippen LogP contribution in [0.5, 0.6) is 0 Å². The molecule has 0 radical (unpaired) electrons. The molecule has 0 bridgehead atoms. The Morgan fingerprint density at radius 2 is 1.81 bits per heavy atom. The van der Waals surface area contributed by atoms with E-state index < -0.39 is 0 Å². The summed E-state index contributed by atoms with van der Waals surface area (Å²) in [5, 5.41) is 4.57. The second-order valence-corrected chi connectivity index (χ2v) is 6.95. The molecule has 1 saturated heterocycles. The summed E-state index contributed by atoms with van der Waals surface area (Å²) < 4.78 is 3.81. The normalized spacial score (nSPS) is 15.3. The molecule has 140 valence electrons. The van der Waals surface area contributed by atoms with Crippen LogP contribution in [0.4, 0.5) is 0 Å². The van der Waals surface area contributed by atoms with Crippen LogP contribution < -0.4 is 0 Å². The number of hydrogen-bond donors (Lipinski definition) is 0. The average molecular weight is 363 g/mol. The predicted octanol–water partition coefficient (Wildman–Crippen LogP) is 2.75. The van der Waals surface area contributed by atoms with Crippen molar-refractivity contribution in [3.8, 4) is 11.5 Å². The van der Waals surface area contributed by atoms with Crippen LogP contribution in [0, 0.1) is 6.92 Å². The van der Waals surface area contributed by atoms with Gasteiger partial charge in [0.1, 0.15) is 5.56 Å². The number of carbonyl (C=O) groups excluding carboxylic acids is 1. The lowest BCUT2D eigenvalue weighted by Crippen LogP contribution is -2.48. The largest absolute Gasteiger partial charge is 0.336 e. The second-order valence-electron chi connectivity index (χ2n) is 6.95. The minimum absolute atomic E-state index is 0.0494. The third kappa shape index (κ3) is 3.40. The monoisotopic (exact) mass is 363 g/mol. The molecule has 0 unspecified atom stereocenters. The number of nitrogens with zero attached hydrogens (tertiary/aromatic N) is 5. The fourth-order valence-corrected chi connectivity index (χ4v) is 3.60. The molecular weight excluding hydrogens is 338 g/mol. The molecule has 4 rings (SSSR count). The lowest BCUT2D eigenvalue weighted by molar-refractivity contribution is 0.0643. The summed E-state index contributed by atoms with van der Waals surface area (Å²) in [6.45, 7) is 8.61. The van der Waals surface area contributed by atoms with E-state index in [1.54, 1.807) is 6.20 Å². The first kappa shape index (κ1) is 17.5. The molecule has 2 aromatic heterocycles. The smallest absolute Gasteiger partial charge is 0.259 e. The summed E-state index contributed by atoms with van der Waals surface area (Å²) in [5.74, 6) is 0.835. The van der Waals surface area contributed by atoms with E-state index in [2.05, 4.69) is 36.0 Å². The number of aryl methyl sites for hydroxylation is 1. The van der Waals surface area contributed by atoms with Crippen molar-refractivity contribution in [1.29, 1.82) is 0 Å². The van der Waals surface area contributed by atoms with E-state index in [0.29, 0.717) is 5.56 Å². The van der Waals surface area contributed by atoms with Gasteiger partial charge < -0.3 is 14.4 Å². The zero-order valence-corrected chi connectivity index (χ0v) is 15.9. The molecule has 0 spiro atoms. The molecule has 1 aromatic carbocycles. The highest BCUT2D eigenvalue weighted by atomic mass is 16.2. The van der Waals surface area contributed by atoms with Crippen molar-refractivity contribution in [2.45, 2.75) is 13.8 Å². The first-order valence-corrected chi connectivity index (χ1v) is 9.47. The number of hydrogen-bond acceptors (Lipinski definition) is 3. The van der Waals surface area contributed by atoms with Gasteiger partial charge in [-0.2, -0.15) is 5.10 Å². The summed E-state index contributed by atoms with van der Waals surface area (Å²) in [6, 6.07) is 12.1. The Labute approximate surface area is 159 Å². The summed E-state index contributed by atoms with van der Waals surface area (Å²) in [5.41, 5.74) is 2.75. The molecule has 0 atom stereocenters. The summed E-state index contributed by atoms with van der Waals surface area (Å²) >= 11 is 0. The Morgan fingerprint density at radius 1 is 1.07 bits per heavy atom. The lowest BCUT2D eigenvalue weighted by atomic mass is 10.2. The van der Waals surface area contributed by atoms with E-state index in [1.807, 2.05) is 50.8 Å². The molecule has 3 heterocycles. The lowest BCUT2D eigenvalue weighted by Gasteiger charge is -2.34. The van der Waals surface area contributed by atoms with E-state index >= 15 is 0 Å². The van der Waals surface area contributed by atoms with Gasteiger partial charge in [0.15, 0.2) is 5.82 Å². The van der Waals surface area contributed by atoms with E-state index in [1.165, 1.54) is 0 Å². The van der Waals surface area contributed by atoms with Gasteiger partial charge in [0.05, 0.1) is 11.9 Å². The fraction of sp³-hybridized carbons (Fsp3) is 0.333. The Morgan fingerprint density at radius 3 is 2.48 bits per heavy atom. The summed E-state index contributed by atoms with van der Waals surface area (Å²) in [6.07, 6.45) is 5.61. The number of likely N-dealkylation sites (N-methyl/N-ethyl adjacent to an activating group) is 1. The Hall–Kier alpha value is -2.86. The van der Waals surface area contributed by atoms with Gasteiger partial charge >= 0.3 is 0 Å². The maximum atomic E-state index is 13.3. The Bertz CT molecular complexity index is 920. The van der Waals surface area contributed by atoms with Crippen molar-refractivity contribution in [1.82, 2.24) is 24.1 Å².